The largest absolute Gasteiger partial charge is 0.243 e. The summed E-state index contributed by atoms with van der Waals surface area (Å²) >= 11 is 0. The quantitative estimate of drug-likeness (QED) is 0.854. The number of hydrogen-bond donors (Lipinski definition) is 0. The Balaban J connectivity index is 2.21. The van der Waals surface area contributed by atoms with Crippen molar-refractivity contribution in [2.75, 3.05) is 19.3 Å². The van der Waals surface area contributed by atoms with Crippen LogP contribution >= 0.6 is 0 Å². The molecule has 0 spiro atoms. The van der Waals surface area contributed by atoms with Gasteiger partial charge in [0.25, 0.3) is 0 Å². The molecule has 128 valence electrons. The summed E-state index contributed by atoms with van der Waals surface area (Å²) in [7, 11) is -3.49. The summed E-state index contributed by atoms with van der Waals surface area (Å²) in [6.07, 6.45) is 1.40. The first kappa shape index (κ1) is 17.1. The lowest BCUT2D eigenvalue weighted by atomic mass is 9.66. The number of sulfonamides is 1. The Morgan fingerprint density at radius 3 is 1.79 bits per heavy atom. The minimum atomic E-state index is -3.49. The molecule has 0 saturated carbocycles. The number of hydrogen-bond acceptors (Lipinski definition) is 2. The second-order valence-electron chi connectivity index (χ2n) is 6.94. The van der Waals surface area contributed by atoms with Crippen molar-refractivity contribution in [3.63, 3.8) is 0 Å². The summed E-state index contributed by atoms with van der Waals surface area (Å²) in [5, 5.41) is 0. The second-order valence-corrected chi connectivity index (χ2v) is 8.92. The van der Waals surface area contributed by atoms with E-state index in [2.05, 4.69) is 0 Å². The average Bonchev–Trinajstić information content (AvgIpc) is 2.54. The predicted octanol–water partition coefficient (Wildman–Crippen LogP) is 3.37. The fourth-order valence-electron chi connectivity index (χ4n) is 3.77. The maximum absolute atomic E-state index is 15.2. The van der Waals surface area contributed by atoms with E-state index < -0.39 is 21.1 Å². The molecule has 1 aliphatic rings. The fraction of sp³-hybridized carbons (Fsp3) is 0.368. The molecule has 0 bridgehead atoms. The lowest BCUT2D eigenvalue weighted by molar-refractivity contribution is 0.0633. The van der Waals surface area contributed by atoms with Gasteiger partial charge in [-0.3, -0.25) is 0 Å². The molecule has 0 radical (unpaired) electrons. The third kappa shape index (κ3) is 3.23. The van der Waals surface area contributed by atoms with Crippen molar-refractivity contribution < 1.29 is 12.8 Å². The van der Waals surface area contributed by atoms with Crippen molar-refractivity contribution in [3.8, 4) is 0 Å². The molecule has 5 heteroatoms. The molecule has 0 N–H and O–H groups in total. The number of piperidine rings is 1. The Hall–Kier alpha value is -1.72. The third-order valence-corrected chi connectivity index (χ3v) is 5.94. The molecular weight excluding hydrogens is 325 g/mol. The van der Waals surface area contributed by atoms with Gasteiger partial charge in [-0.2, -0.15) is 4.31 Å². The number of benzene rings is 2. The standard InChI is InChI=1S/C19H22FNO2S/c1-18(20)13-19(16-9-5-3-6-10-16,17-11-7-4-8-12-17)15-21(14-18)24(2,22)23/h3-12H,13-15H2,1-2H3. The summed E-state index contributed by atoms with van der Waals surface area (Å²) in [6.45, 7) is 1.64. The van der Waals surface area contributed by atoms with Gasteiger partial charge in [0.15, 0.2) is 0 Å². The van der Waals surface area contributed by atoms with Gasteiger partial charge in [0.2, 0.25) is 10.0 Å². The summed E-state index contributed by atoms with van der Waals surface area (Å²) in [5.41, 5.74) is -0.428. The van der Waals surface area contributed by atoms with Gasteiger partial charge in [-0.15, -0.1) is 0 Å². The van der Waals surface area contributed by atoms with Gasteiger partial charge in [-0.05, 0) is 24.5 Å². The molecule has 2 aromatic carbocycles. The first-order valence-electron chi connectivity index (χ1n) is 7.98. The molecule has 1 fully saturated rings. The van der Waals surface area contributed by atoms with Crippen LogP contribution in [0.2, 0.25) is 0 Å². The van der Waals surface area contributed by atoms with E-state index in [1.807, 2.05) is 60.7 Å². The van der Waals surface area contributed by atoms with E-state index in [-0.39, 0.29) is 19.5 Å². The van der Waals surface area contributed by atoms with Gasteiger partial charge in [-0.1, -0.05) is 60.7 Å². The zero-order valence-corrected chi connectivity index (χ0v) is 14.8. The Bertz CT molecular complexity index is 764. The Morgan fingerprint density at radius 2 is 1.38 bits per heavy atom. The van der Waals surface area contributed by atoms with Crippen molar-refractivity contribution in [2.45, 2.75) is 24.4 Å². The minimum absolute atomic E-state index is 0.104. The highest BCUT2D eigenvalue weighted by molar-refractivity contribution is 7.88. The van der Waals surface area contributed by atoms with Gasteiger partial charge in [0.05, 0.1) is 6.26 Å². The molecule has 1 atom stereocenters. The van der Waals surface area contributed by atoms with E-state index in [0.717, 1.165) is 17.4 Å². The summed E-state index contributed by atoms with van der Waals surface area (Å²) in [5.74, 6) is 0. The van der Waals surface area contributed by atoms with Crippen LogP contribution in [0.4, 0.5) is 4.39 Å². The molecule has 1 heterocycles. The van der Waals surface area contributed by atoms with E-state index in [0.29, 0.717) is 0 Å². The van der Waals surface area contributed by atoms with Crippen LogP contribution in [-0.4, -0.2) is 37.7 Å². The first-order valence-corrected chi connectivity index (χ1v) is 9.83. The fourth-order valence-corrected chi connectivity index (χ4v) is 4.73. The molecule has 1 saturated heterocycles. The molecule has 1 unspecified atom stereocenters. The number of alkyl halides is 1. The van der Waals surface area contributed by atoms with Crippen molar-refractivity contribution in [1.29, 1.82) is 0 Å². The van der Waals surface area contributed by atoms with Crippen molar-refractivity contribution >= 4 is 10.0 Å². The van der Waals surface area contributed by atoms with Crippen LogP contribution in [0.3, 0.4) is 0 Å². The Labute approximate surface area is 143 Å². The van der Waals surface area contributed by atoms with E-state index in [4.69, 9.17) is 0 Å². The van der Waals surface area contributed by atoms with Crippen molar-refractivity contribution in [2.24, 2.45) is 0 Å². The van der Waals surface area contributed by atoms with E-state index >= 15 is 4.39 Å². The molecule has 0 aromatic heterocycles. The topological polar surface area (TPSA) is 37.4 Å². The molecule has 3 nitrogen and oxygen atoms in total. The zero-order chi connectivity index (χ0) is 17.4. The molecule has 2 aromatic rings. The van der Waals surface area contributed by atoms with Crippen LogP contribution in [0.15, 0.2) is 60.7 Å². The van der Waals surface area contributed by atoms with Gasteiger partial charge < -0.3 is 0 Å². The van der Waals surface area contributed by atoms with Crippen LogP contribution in [0.25, 0.3) is 0 Å². The normalized spacial score (nSPS) is 24.6. The van der Waals surface area contributed by atoms with Crippen LogP contribution in [0, 0.1) is 0 Å². The molecule has 24 heavy (non-hydrogen) atoms. The Kier molecular flexibility index (Phi) is 4.26. The molecule has 3 rings (SSSR count). The summed E-state index contributed by atoms with van der Waals surface area (Å²) < 4.78 is 40.9. The van der Waals surface area contributed by atoms with Gasteiger partial charge in [0, 0.05) is 18.5 Å². The van der Waals surface area contributed by atoms with Crippen LogP contribution in [0.5, 0.6) is 0 Å². The molecule has 0 amide bonds. The van der Waals surface area contributed by atoms with Crippen LogP contribution < -0.4 is 0 Å². The average molecular weight is 347 g/mol. The number of rotatable bonds is 3. The van der Waals surface area contributed by atoms with Gasteiger partial charge >= 0.3 is 0 Å². The van der Waals surface area contributed by atoms with Crippen LogP contribution in [0.1, 0.15) is 24.5 Å². The third-order valence-electron chi connectivity index (χ3n) is 4.74. The van der Waals surface area contributed by atoms with Gasteiger partial charge in [-0.25, -0.2) is 12.8 Å². The smallest absolute Gasteiger partial charge is 0.211 e. The molecular formula is C19H22FNO2S. The number of nitrogens with zero attached hydrogens (tertiary/aromatic N) is 1. The maximum Gasteiger partial charge on any atom is 0.211 e. The van der Waals surface area contributed by atoms with Crippen molar-refractivity contribution in [1.82, 2.24) is 4.31 Å². The summed E-state index contributed by atoms with van der Waals surface area (Å²) in [6, 6.07) is 19.3. The highest BCUT2D eigenvalue weighted by Crippen LogP contribution is 2.45. The highest BCUT2D eigenvalue weighted by atomic mass is 32.2. The second kappa shape index (κ2) is 5.97. The highest BCUT2D eigenvalue weighted by Gasteiger charge is 2.50. The first-order chi connectivity index (χ1) is 11.2. The monoisotopic (exact) mass is 347 g/mol. The Morgan fingerprint density at radius 1 is 0.917 bits per heavy atom. The minimum Gasteiger partial charge on any atom is -0.243 e. The SMILES string of the molecule is CC1(F)CN(S(C)(=O)=O)CC(c2ccccc2)(c2ccccc2)C1. The van der Waals surface area contributed by atoms with Crippen molar-refractivity contribution in [3.05, 3.63) is 71.8 Å². The zero-order valence-electron chi connectivity index (χ0n) is 13.9. The molecule has 0 aliphatic carbocycles. The lowest BCUT2D eigenvalue weighted by Gasteiger charge is -2.47. The van der Waals surface area contributed by atoms with E-state index in [1.54, 1.807) is 0 Å². The lowest BCUT2D eigenvalue weighted by Crippen LogP contribution is -2.57. The van der Waals surface area contributed by atoms with Gasteiger partial charge in [0.1, 0.15) is 5.67 Å². The van der Waals surface area contributed by atoms with E-state index in [9.17, 15) is 8.42 Å². The number of halogens is 1. The van der Waals surface area contributed by atoms with E-state index in [1.165, 1.54) is 11.2 Å². The summed E-state index contributed by atoms with van der Waals surface area (Å²) in [4.78, 5) is 0. The van der Waals surface area contributed by atoms with Crippen LogP contribution in [-0.2, 0) is 15.4 Å². The molecule has 1 aliphatic heterocycles. The maximum atomic E-state index is 15.2. The predicted molar refractivity (Wildman–Crippen MR) is 94.2 cm³/mol.